The molecule has 0 radical (unpaired) electrons. The van der Waals surface area contributed by atoms with Gasteiger partial charge in [0.2, 0.25) is 0 Å². The summed E-state index contributed by atoms with van der Waals surface area (Å²) in [6.45, 7) is 0.622. The number of allylic oxidation sites excluding steroid dienone is 3. The fraction of sp³-hybridized carbons (Fsp3) is 0.222. The van der Waals surface area contributed by atoms with Crippen molar-refractivity contribution in [2.45, 2.75) is 6.42 Å². The first-order valence-corrected chi connectivity index (χ1v) is 3.61. The second kappa shape index (κ2) is 2.38. The standard InChI is InChI=1S/C9H8O2/c10-8-3-4-9-7(6-8)2-1-5-11-9/h1-2,4,6H,3,5H2. The van der Waals surface area contributed by atoms with E-state index in [4.69, 9.17) is 4.74 Å². The van der Waals surface area contributed by atoms with Crippen molar-refractivity contribution in [3.8, 4) is 0 Å². The molecule has 11 heavy (non-hydrogen) atoms. The largest absolute Gasteiger partial charge is 0.489 e. The van der Waals surface area contributed by atoms with Gasteiger partial charge in [-0.2, -0.15) is 0 Å². The molecule has 56 valence electrons. The number of carbonyl (C=O) groups is 1. The van der Waals surface area contributed by atoms with Crippen molar-refractivity contribution in [2.75, 3.05) is 6.61 Å². The molecule has 2 rings (SSSR count). The highest BCUT2D eigenvalue weighted by Gasteiger charge is 2.13. The summed E-state index contributed by atoms with van der Waals surface area (Å²) in [6.07, 6.45) is 7.77. The number of ketones is 1. The zero-order chi connectivity index (χ0) is 7.68. The lowest BCUT2D eigenvalue weighted by atomic mass is 10.0. The molecule has 0 aromatic heterocycles. The van der Waals surface area contributed by atoms with E-state index < -0.39 is 0 Å². The van der Waals surface area contributed by atoms with Crippen molar-refractivity contribution in [1.82, 2.24) is 0 Å². The summed E-state index contributed by atoms with van der Waals surface area (Å²) in [5.41, 5.74) is 0.910. The minimum absolute atomic E-state index is 0.152. The van der Waals surface area contributed by atoms with Gasteiger partial charge in [0.05, 0.1) is 0 Å². The molecule has 1 heterocycles. The van der Waals surface area contributed by atoms with Gasteiger partial charge in [0.25, 0.3) is 0 Å². The second-order valence-corrected chi connectivity index (χ2v) is 2.55. The lowest BCUT2D eigenvalue weighted by Gasteiger charge is -2.16. The lowest BCUT2D eigenvalue weighted by Crippen LogP contribution is -2.08. The molecule has 1 aliphatic carbocycles. The summed E-state index contributed by atoms with van der Waals surface area (Å²) in [4.78, 5) is 10.9. The maximum absolute atomic E-state index is 10.9. The predicted molar refractivity (Wildman–Crippen MR) is 40.9 cm³/mol. The van der Waals surface area contributed by atoms with E-state index in [9.17, 15) is 4.79 Å². The Bertz CT molecular complexity index is 282. The molecule has 0 bridgehead atoms. The van der Waals surface area contributed by atoms with Crippen LogP contribution in [0.1, 0.15) is 6.42 Å². The summed E-state index contributed by atoms with van der Waals surface area (Å²) < 4.78 is 5.28. The monoisotopic (exact) mass is 148 g/mol. The van der Waals surface area contributed by atoms with Crippen LogP contribution >= 0.6 is 0 Å². The molecule has 0 N–H and O–H groups in total. The van der Waals surface area contributed by atoms with Crippen LogP contribution in [0.15, 0.2) is 35.6 Å². The van der Waals surface area contributed by atoms with Crippen molar-refractivity contribution in [2.24, 2.45) is 0 Å². The van der Waals surface area contributed by atoms with E-state index in [2.05, 4.69) is 0 Å². The molecule has 0 aromatic rings. The van der Waals surface area contributed by atoms with E-state index in [0.717, 1.165) is 11.3 Å². The highest BCUT2D eigenvalue weighted by Crippen LogP contribution is 2.21. The highest BCUT2D eigenvalue weighted by atomic mass is 16.5. The first kappa shape index (κ1) is 6.40. The molecule has 0 aromatic carbocycles. The third-order valence-corrected chi connectivity index (χ3v) is 1.72. The Hall–Kier alpha value is -1.31. The molecule has 0 spiro atoms. The Balaban J connectivity index is 2.38. The molecular formula is C9H8O2. The van der Waals surface area contributed by atoms with Gasteiger partial charge in [0, 0.05) is 12.0 Å². The zero-order valence-electron chi connectivity index (χ0n) is 6.04. The van der Waals surface area contributed by atoms with Gasteiger partial charge >= 0.3 is 0 Å². The minimum atomic E-state index is 0.152. The quantitative estimate of drug-likeness (QED) is 0.518. The topological polar surface area (TPSA) is 26.3 Å². The molecule has 0 fully saturated rings. The fourth-order valence-corrected chi connectivity index (χ4v) is 1.20. The van der Waals surface area contributed by atoms with Gasteiger partial charge in [-0.25, -0.2) is 0 Å². The smallest absolute Gasteiger partial charge is 0.160 e. The van der Waals surface area contributed by atoms with Gasteiger partial charge < -0.3 is 4.74 Å². The summed E-state index contributed by atoms with van der Waals surface area (Å²) in [5, 5.41) is 0. The summed E-state index contributed by atoms with van der Waals surface area (Å²) in [7, 11) is 0. The Morgan fingerprint density at radius 1 is 1.45 bits per heavy atom. The van der Waals surface area contributed by atoms with Crippen LogP contribution in [0.3, 0.4) is 0 Å². The van der Waals surface area contributed by atoms with Crippen LogP contribution in [0.2, 0.25) is 0 Å². The lowest BCUT2D eigenvalue weighted by molar-refractivity contribution is -0.114. The number of hydrogen-bond donors (Lipinski definition) is 0. The van der Waals surface area contributed by atoms with E-state index in [1.807, 2.05) is 18.2 Å². The van der Waals surface area contributed by atoms with E-state index in [1.54, 1.807) is 6.08 Å². The van der Waals surface area contributed by atoms with Crippen LogP contribution in [0.5, 0.6) is 0 Å². The average Bonchev–Trinajstić information content (AvgIpc) is 2.04. The van der Waals surface area contributed by atoms with E-state index in [0.29, 0.717) is 13.0 Å². The number of hydrogen-bond acceptors (Lipinski definition) is 2. The van der Waals surface area contributed by atoms with Crippen molar-refractivity contribution < 1.29 is 9.53 Å². The third kappa shape index (κ3) is 1.11. The first-order chi connectivity index (χ1) is 5.36. The SMILES string of the molecule is O=C1C=C2C=CCOC2=CC1. The van der Waals surface area contributed by atoms with Crippen LogP contribution in [0.25, 0.3) is 0 Å². The van der Waals surface area contributed by atoms with Gasteiger partial charge in [0.1, 0.15) is 12.4 Å². The van der Waals surface area contributed by atoms with Crippen LogP contribution in [-0.2, 0) is 9.53 Å². The third-order valence-electron chi connectivity index (χ3n) is 1.72. The Kier molecular flexibility index (Phi) is 1.39. The van der Waals surface area contributed by atoms with E-state index in [1.165, 1.54) is 0 Å². The Morgan fingerprint density at radius 3 is 3.27 bits per heavy atom. The van der Waals surface area contributed by atoms with Gasteiger partial charge in [-0.05, 0) is 18.2 Å². The van der Waals surface area contributed by atoms with Crippen molar-refractivity contribution in [3.05, 3.63) is 35.6 Å². The molecule has 0 unspecified atom stereocenters. The number of ether oxygens (including phenoxy) is 1. The molecule has 2 heteroatoms. The normalized spacial score (nSPS) is 21.6. The fourth-order valence-electron chi connectivity index (χ4n) is 1.20. The summed E-state index contributed by atoms with van der Waals surface area (Å²) in [6, 6.07) is 0. The van der Waals surface area contributed by atoms with Crippen LogP contribution < -0.4 is 0 Å². The van der Waals surface area contributed by atoms with Crippen LogP contribution in [-0.4, -0.2) is 12.4 Å². The van der Waals surface area contributed by atoms with Gasteiger partial charge in [-0.3, -0.25) is 4.79 Å². The van der Waals surface area contributed by atoms with Crippen molar-refractivity contribution in [3.63, 3.8) is 0 Å². The second-order valence-electron chi connectivity index (χ2n) is 2.55. The van der Waals surface area contributed by atoms with Gasteiger partial charge in [-0.15, -0.1) is 0 Å². The Morgan fingerprint density at radius 2 is 2.36 bits per heavy atom. The molecule has 1 aliphatic heterocycles. The predicted octanol–water partition coefficient (Wildman–Crippen LogP) is 1.36. The van der Waals surface area contributed by atoms with E-state index in [-0.39, 0.29) is 5.78 Å². The van der Waals surface area contributed by atoms with Crippen LogP contribution in [0, 0.1) is 0 Å². The molecule has 0 amide bonds. The Labute approximate surface area is 64.9 Å². The molecular weight excluding hydrogens is 140 g/mol. The van der Waals surface area contributed by atoms with E-state index >= 15 is 0 Å². The average molecular weight is 148 g/mol. The van der Waals surface area contributed by atoms with Gasteiger partial charge in [0.15, 0.2) is 5.78 Å². The number of fused-ring (bicyclic) bond motifs is 1. The molecule has 0 saturated heterocycles. The first-order valence-electron chi connectivity index (χ1n) is 3.61. The molecule has 0 atom stereocenters. The number of carbonyl (C=O) groups excluding carboxylic acids is 1. The zero-order valence-corrected chi connectivity index (χ0v) is 6.04. The van der Waals surface area contributed by atoms with Crippen molar-refractivity contribution >= 4 is 5.78 Å². The van der Waals surface area contributed by atoms with Gasteiger partial charge in [-0.1, -0.05) is 6.08 Å². The molecule has 0 saturated carbocycles. The maximum atomic E-state index is 10.9. The number of rotatable bonds is 0. The minimum Gasteiger partial charge on any atom is -0.489 e. The molecule has 2 nitrogen and oxygen atoms in total. The molecule has 2 aliphatic rings. The maximum Gasteiger partial charge on any atom is 0.160 e. The summed E-state index contributed by atoms with van der Waals surface area (Å²) >= 11 is 0. The highest BCUT2D eigenvalue weighted by molar-refractivity contribution is 5.94. The van der Waals surface area contributed by atoms with Crippen molar-refractivity contribution in [1.29, 1.82) is 0 Å². The van der Waals surface area contributed by atoms with Crippen LogP contribution in [0.4, 0.5) is 0 Å². The summed E-state index contributed by atoms with van der Waals surface area (Å²) in [5.74, 6) is 1.01.